The van der Waals surface area contributed by atoms with Gasteiger partial charge in [-0.25, -0.2) is 4.79 Å². The molecule has 1 saturated heterocycles. The second-order valence-electron chi connectivity index (χ2n) is 6.16. The standard InChI is InChI=1S/C14H17ClN2O3/c1-14(2,3)20-13(18)17-7-8-4-11(17)9-5-16-6-10(15)12(9)19-8/h5-6,8,11H,4,7H2,1-3H3/t8-,11-/m0/s1. The molecule has 3 heterocycles. The van der Waals surface area contributed by atoms with Crippen LogP contribution < -0.4 is 4.74 Å². The Bertz CT molecular complexity index is 556. The monoisotopic (exact) mass is 296 g/mol. The van der Waals surface area contributed by atoms with Crippen molar-refractivity contribution in [2.24, 2.45) is 0 Å². The number of rotatable bonds is 0. The molecule has 2 aliphatic rings. The Morgan fingerprint density at radius 1 is 1.50 bits per heavy atom. The topological polar surface area (TPSA) is 51.7 Å². The third kappa shape index (κ3) is 2.30. The number of pyridine rings is 1. The Hall–Kier alpha value is -1.49. The highest BCUT2D eigenvalue weighted by Gasteiger charge is 2.44. The molecule has 0 N–H and O–H groups in total. The fraction of sp³-hybridized carbons (Fsp3) is 0.571. The zero-order chi connectivity index (χ0) is 14.5. The third-order valence-corrected chi connectivity index (χ3v) is 3.68. The van der Waals surface area contributed by atoms with E-state index in [9.17, 15) is 4.79 Å². The molecular formula is C14H17ClN2O3. The van der Waals surface area contributed by atoms with Crippen LogP contribution in [0.1, 0.15) is 38.8 Å². The lowest BCUT2D eigenvalue weighted by Crippen LogP contribution is -2.36. The van der Waals surface area contributed by atoms with E-state index < -0.39 is 5.60 Å². The summed E-state index contributed by atoms with van der Waals surface area (Å²) in [6, 6.07) is -0.0650. The number of nitrogens with zero attached hydrogens (tertiary/aromatic N) is 2. The average Bonchev–Trinajstić information content (AvgIpc) is 2.67. The van der Waals surface area contributed by atoms with Crippen LogP contribution in [0.25, 0.3) is 0 Å². The van der Waals surface area contributed by atoms with E-state index in [1.165, 1.54) is 0 Å². The Kier molecular flexibility index (Phi) is 3.05. The Morgan fingerprint density at radius 2 is 2.25 bits per heavy atom. The number of carbonyl (C=O) groups is 1. The number of ether oxygens (including phenoxy) is 2. The summed E-state index contributed by atoms with van der Waals surface area (Å²) in [4.78, 5) is 18.1. The molecule has 2 atom stereocenters. The molecule has 20 heavy (non-hydrogen) atoms. The van der Waals surface area contributed by atoms with Gasteiger partial charge >= 0.3 is 6.09 Å². The van der Waals surface area contributed by atoms with E-state index in [4.69, 9.17) is 21.1 Å². The van der Waals surface area contributed by atoms with Gasteiger partial charge in [0.1, 0.15) is 22.5 Å². The van der Waals surface area contributed by atoms with Crippen molar-refractivity contribution in [1.82, 2.24) is 9.88 Å². The molecule has 1 amide bonds. The van der Waals surface area contributed by atoms with Crippen molar-refractivity contribution in [1.29, 1.82) is 0 Å². The Morgan fingerprint density at radius 3 is 2.95 bits per heavy atom. The van der Waals surface area contributed by atoms with Gasteiger partial charge in [-0.1, -0.05) is 11.6 Å². The fourth-order valence-electron chi connectivity index (χ4n) is 2.67. The zero-order valence-corrected chi connectivity index (χ0v) is 12.5. The SMILES string of the molecule is CC(C)(C)OC(=O)N1C[C@@H]2C[C@H]1c1cncc(Cl)c1O2. The predicted molar refractivity (Wildman–Crippen MR) is 74.0 cm³/mol. The van der Waals surface area contributed by atoms with Gasteiger partial charge in [-0.05, 0) is 20.8 Å². The molecule has 1 aromatic rings. The van der Waals surface area contributed by atoms with Crippen LogP contribution in [0.2, 0.25) is 5.02 Å². The summed E-state index contributed by atoms with van der Waals surface area (Å²) < 4.78 is 11.3. The van der Waals surface area contributed by atoms with E-state index in [1.54, 1.807) is 17.3 Å². The molecule has 5 nitrogen and oxygen atoms in total. The molecule has 0 saturated carbocycles. The molecule has 2 bridgehead atoms. The van der Waals surface area contributed by atoms with Crippen molar-refractivity contribution in [2.45, 2.75) is 44.9 Å². The van der Waals surface area contributed by atoms with Crippen molar-refractivity contribution in [2.75, 3.05) is 6.54 Å². The van der Waals surface area contributed by atoms with Gasteiger partial charge in [0.25, 0.3) is 0 Å². The largest absolute Gasteiger partial charge is 0.486 e. The molecule has 0 spiro atoms. The quantitative estimate of drug-likeness (QED) is 0.738. The summed E-state index contributed by atoms with van der Waals surface area (Å²) in [6.07, 6.45) is 3.68. The first-order valence-electron chi connectivity index (χ1n) is 6.65. The molecular weight excluding hydrogens is 280 g/mol. The Balaban J connectivity index is 1.89. The summed E-state index contributed by atoms with van der Waals surface area (Å²) in [6.45, 7) is 6.09. The van der Waals surface area contributed by atoms with E-state index in [-0.39, 0.29) is 18.2 Å². The van der Waals surface area contributed by atoms with Gasteiger partial charge in [-0.15, -0.1) is 0 Å². The van der Waals surface area contributed by atoms with Crippen molar-refractivity contribution in [3.05, 3.63) is 23.0 Å². The Labute approximate surface area is 122 Å². The minimum absolute atomic E-state index is 0.0279. The summed E-state index contributed by atoms with van der Waals surface area (Å²) >= 11 is 6.11. The molecule has 6 heteroatoms. The average molecular weight is 297 g/mol. The summed E-state index contributed by atoms with van der Waals surface area (Å²) in [5, 5.41) is 0.489. The highest BCUT2D eigenvalue weighted by Crippen LogP contribution is 2.46. The van der Waals surface area contributed by atoms with Crippen LogP contribution in [-0.4, -0.2) is 34.2 Å². The number of aromatic nitrogens is 1. The highest BCUT2D eigenvalue weighted by atomic mass is 35.5. The minimum Gasteiger partial charge on any atom is -0.486 e. The second-order valence-corrected chi connectivity index (χ2v) is 6.57. The lowest BCUT2D eigenvalue weighted by Gasteiger charge is -2.29. The number of carbonyl (C=O) groups excluding carboxylic acids is 1. The van der Waals surface area contributed by atoms with Crippen molar-refractivity contribution >= 4 is 17.7 Å². The van der Waals surface area contributed by atoms with Gasteiger partial charge in [0.15, 0.2) is 0 Å². The molecule has 0 radical (unpaired) electrons. The van der Waals surface area contributed by atoms with Crippen LogP contribution in [0, 0.1) is 0 Å². The maximum absolute atomic E-state index is 12.3. The molecule has 1 fully saturated rings. The van der Waals surface area contributed by atoms with Crippen LogP contribution >= 0.6 is 11.6 Å². The number of hydrogen-bond donors (Lipinski definition) is 0. The summed E-state index contributed by atoms with van der Waals surface area (Å²) in [5.41, 5.74) is 0.349. The van der Waals surface area contributed by atoms with E-state index >= 15 is 0 Å². The smallest absolute Gasteiger partial charge is 0.410 e. The van der Waals surface area contributed by atoms with Gasteiger partial charge in [0, 0.05) is 24.4 Å². The maximum atomic E-state index is 12.3. The van der Waals surface area contributed by atoms with Crippen LogP contribution in [0.4, 0.5) is 4.79 Å². The van der Waals surface area contributed by atoms with E-state index in [0.29, 0.717) is 17.3 Å². The highest BCUT2D eigenvalue weighted by molar-refractivity contribution is 6.32. The van der Waals surface area contributed by atoms with E-state index in [1.807, 2.05) is 20.8 Å². The first kappa shape index (κ1) is 13.5. The van der Waals surface area contributed by atoms with Crippen LogP contribution in [0.15, 0.2) is 12.4 Å². The van der Waals surface area contributed by atoms with Crippen molar-refractivity contribution in [3.63, 3.8) is 0 Å². The molecule has 0 aliphatic carbocycles. The van der Waals surface area contributed by atoms with Crippen molar-refractivity contribution in [3.8, 4) is 5.75 Å². The third-order valence-electron chi connectivity index (χ3n) is 3.41. The molecule has 3 rings (SSSR count). The van der Waals surface area contributed by atoms with Crippen LogP contribution in [-0.2, 0) is 4.74 Å². The van der Waals surface area contributed by atoms with Crippen molar-refractivity contribution < 1.29 is 14.3 Å². The normalized spacial score (nSPS) is 24.1. The fourth-order valence-corrected chi connectivity index (χ4v) is 2.88. The number of halogens is 1. The van der Waals surface area contributed by atoms with E-state index in [0.717, 1.165) is 12.0 Å². The zero-order valence-electron chi connectivity index (χ0n) is 11.7. The van der Waals surface area contributed by atoms with E-state index in [2.05, 4.69) is 4.98 Å². The number of amides is 1. The lowest BCUT2D eigenvalue weighted by atomic mass is 10.0. The van der Waals surface area contributed by atoms with Gasteiger partial charge in [0.2, 0.25) is 0 Å². The van der Waals surface area contributed by atoms with Crippen LogP contribution in [0.5, 0.6) is 5.75 Å². The summed E-state index contributed by atoms with van der Waals surface area (Å²) in [5.74, 6) is 0.647. The second kappa shape index (κ2) is 4.52. The molecule has 2 aliphatic heterocycles. The predicted octanol–water partition coefficient (Wildman–Crippen LogP) is 3.18. The first-order chi connectivity index (χ1) is 9.35. The van der Waals surface area contributed by atoms with Crippen LogP contribution in [0.3, 0.4) is 0 Å². The molecule has 0 unspecified atom stereocenters. The van der Waals surface area contributed by atoms with Gasteiger partial charge in [0.05, 0.1) is 12.6 Å². The maximum Gasteiger partial charge on any atom is 0.410 e. The number of likely N-dealkylation sites (tertiary alicyclic amines) is 1. The molecule has 108 valence electrons. The summed E-state index contributed by atoms with van der Waals surface area (Å²) in [7, 11) is 0. The molecule has 0 aromatic carbocycles. The lowest BCUT2D eigenvalue weighted by molar-refractivity contribution is 0.0222. The number of hydrogen-bond acceptors (Lipinski definition) is 4. The first-order valence-corrected chi connectivity index (χ1v) is 7.02. The minimum atomic E-state index is -0.510. The van der Waals surface area contributed by atoms with Gasteiger partial charge < -0.3 is 9.47 Å². The molecule has 1 aromatic heterocycles. The number of fused-ring (bicyclic) bond motifs is 4. The van der Waals surface area contributed by atoms with Gasteiger partial charge in [-0.3, -0.25) is 9.88 Å². The van der Waals surface area contributed by atoms with Gasteiger partial charge in [-0.2, -0.15) is 0 Å².